The summed E-state index contributed by atoms with van der Waals surface area (Å²) in [5.74, 6) is 0.889. The Bertz CT molecular complexity index is 598. The lowest BCUT2D eigenvalue weighted by Crippen LogP contribution is -2.23. The van der Waals surface area contributed by atoms with Crippen LogP contribution in [-0.2, 0) is 6.42 Å². The first kappa shape index (κ1) is 16.1. The van der Waals surface area contributed by atoms with Crippen LogP contribution in [0.3, 0.4) is 0 Å². The van der Waals surface area contributed by atoms with Crippen molar-refractivity contribution in [1.29, 1.82) is 0 Å². The fourth-order valence-corrected chi connectivity index (χ4v) is 3.05. The molecule has 2 aromatic rings. The predicted molar refractivity (Wildman–Crippen MR) is 92.0 cm³/mol. The van der Waals surface area contributed by atoms with Crippen LogP contribution in [0.2, 0.25) is 0 Å². The van der Waals surface area contributed by atoms with Gasteiger partial charge in [-0.05, 0) is 49.2 Å². The molecule has 0 aromatic heterocycles. The van der Waals surface area contributed by atoms with Crippen LogP contribution >= 0.6 is 15.9 Å². The minimum Gasteiger partial charge on any atom is -0.497 e. The Hall–Kier alpha value is -1.32. The van der Waals surface area contributed by atoms with Crippen molar-refractivity contribution in [2.45, 2.75) is 26.3 Å². The van der Waals surface area contributed by atoms with Crippen molar-refractivity contribution in [3.63, 3.8) is 0 Å². The molecule has 0 saturated heterocycles. The SMILES string of the molecule is CCNC(Cc1cccc(C)c1)c1cc(OC)ccc1Br. The molecule has 112 valence electrons. The van der Waals surface area contributed by atoms with Gasteiger partial charge < -0.3 is 10.1 Å². The van der Waals surface area contributed by atoms with E-state index in [-0.39, 0.29) is 6.04 Å². The molecule has 3 heteroatoms. The van der Waals surface area contributed by atoms with Crippen molar-refractivity contribution in [1.82, 2.24) is 5.32 Å². The molecule has 0 amide bonds. The molecular weight excluding hydrogens is 326 g/mol. The molecule has 2 rings (SSSR count). The van der Waals surface area contributed by atoms with Gasteiger partial charge in [-0.2, -0.15) is 0 Å². The van der Waals surface area contributed by atoms with Gasteiger partial charge in [0.2, 0.25) is 0 Å². The smallest absolute Gasteiger partial charge is 0.119 e. The number of methoxy groups -OCH3 is 1. The van der Waals surface area contributed by atoms with Crippen molar-refractivity contribution in [2.75, 3.05) is 13.7 Å². The lowest BCUT2D eigenvalue weighted by molar-refractivity contribution is 0.412. The largest absolute Gasteiger partial charge is 0.497 e. The van der Waals surface area contributed by atoms with E-state index in [0.717, 1.165) is 23.2 Å². The minimum atomic E-state index is 0.265. The third-order valence-corrected chi connectivity index (χ3v) is 4.27. The van der Waals surface area contributed by atoms with Gasteiger partial charge in [0.05, 0.1) is 7.11 Å². The molecule has 0 saturated carbocycles. The lowest BCUT2D eigenvalue weighted by Gasteiger charge is -2.21. The summed E-state index contributed by atoms with van der Waals surface area (Å²) < 4.78 is 6.47. The van der Waals surface area contributed by atoms with Gasteiger partial charge in [-0.25, -0.2) is 0 Å². The first-order valence-electron chi connectivity index (χ1n) is 7.26. The van der Waals surface area contributed by atoms with Crippen molar-refractivity contribution < 1.29 is 4.74 Å². The highest BCUT2D eigenvalue weighted by Crippen LogP contribution is 2.30. The van der Waals surface area contributed by atoms with E-state index in [1.165, 1.54) is 16.7 Å². The summed E-state index contributed by atoms with van der Waals surface area (Å²) in [5.41, 5.74) is 3.88. The van der Waals surface area contributed by atoms with Crippen LogP contribution in [-0.4, -0.2) is 13.7 Å². The van der Waals surface area contributed by atoms with E-state index < -0.39 is 0 Å². The zero-order chi connectivity index (χ0) is 15.2. The zero-order valence-corrected chi connectivity index (χ0v) is 14.4. The first-order valence-corrected chi connectivity index (χ1v) is 8.05. The normalized spacial score (nSPS) is 12.2. The van der Waals surface area contributed by atoms with Gasteiger partial charge in [0, 0.05) is 10.5 Å². The summed E-state index contributed by atoms with van der Waals surface area (Å²) in [6.45, 7) is 5.20. The molecule has 1 N–H and O–H groups in total. The minimum absolute atomic E-state index is 0.265. The summed E-state index contributed by atoms with van der Waals surface area (Å²) in [7, 11) is 1.70. The van der Waals surface area contributed by atoms with Crippen LogP contribution in [0.5, 0.6) is 5.75 Å². The van der Waals surface area contributed by atoms with Crippen LogP contribution in [0.1, 0.15) is 29.7 Å². The Morgan fingerprint density at radius 3 is 2.67 bits per heavy atom. The van der Waals surface area contributed by atoms with E-state index >= 15 is 0 Å². The van der Waals surface area contributed by atoms with E-state index in [2.05, 4.69) is 71.5 Å². The maximum absolute atomic E-state index is 5.36. The van der Waals surface area contributed by atoms with E-state index in [9.17, 15) is 0 Å². The summed E-state index contributed by atoms with van der Waals surface area (Å²) >= 11 is 3.66. The summed E-state index contributed by atoms with van der Waals surface area (Å²) in [4.78, 5) is 0. The molecule has 1 unspecified atom stereocenters. The van der Waals surface area contributed by atoms with E-state index in [1.54, 1.807) is 7.11 Å². The second kappa shape index (κ2) is 7.62. The zero-order valence-electron chi connectivity index (χ0n) is 12.8. The van der Waals surface area contributed by atoms with Crippen LogP contribution in [0.25, 0.3) is 0 Å². The number of benzene rings is 2. The number of hydrogen-bond donors (Lipinski definition) is 1. The quantitative estimate of drug-likeness (QED) is 0.820. The van der Waals surface area contributed by atoms with Gasteiger partial charge in [0.25, 0.3) is 0 Å². The molecule has 2 aromatic carbocycles. The number of aryl methyl sites for hydroxylation is 1. The number of hydrogen-bond acceptors (Lipinski definition) is 2. The van der Waals surface area contributed by atoms with Gasteiger partial charge in [0.15, 0.2) is 0 Å². The Morgan fingerprint density at radius 2 is 2.00 bits per heavy atom. The summed E-state index contributed by atoms with van der Waals surface area (Å²) in [6, 6.07) is 15.1. The fraction of sp³-hybridized carbons (Fsp3) is 0.333. The molecule has 0 radical (unpaired) electrons. The Balaban J connectivity index is 2.30. The molecule has 0 aliphatic heterocycles. The number of halogens is 1. The van der Waals surface area contributed by atoms with E-state index in [4.69, 9.17) is 4.74 Å². The molecule has 1 atom stereocenters. The molecule has 0 aliphatic rings. The summed E-state index contributed by atoms with van der Waals surface area (Å²) in [6.07, 6.45) is 0.960. The number of likely N-dealkylation sites (N-methyl/N-ethyl adjacent to an activating group) is 1. The van der Waals surface area contributed by atoms with Gasteiger partial charge >= 0.3 is 0 Å². The number of rotatable bonds is 6. The molecule has 0 aliphatic carbocycles. The molecule has 0 bridgehead atoms. The summed E-state index contributed by atoms with van der Waals surface area (Å²) in [5, 5.41) is 3.57. The van der Waals surface area contributed by atoms with E-state index in [1.807, 2.05) is 6.07 Å². The van der Waals surface area contributed by atoms with Crippen molar-refractivity contribution in [3.05, 3.63) is 63.6 Å². The maximum atomic E-state index is 5.36. The molecule has 0 fully saturated rings. The van der Waals surface area contributed by atoms with E-state index in [0.29, 0.717) is 0 Å². The highest BCUT2D eigenvalue weighted by Gasteiger charge is 2.15. The molecule has 21 heavy (non-hydrogen) atoms. The van der Waals surface area contributed by atoms with Gasteiger partial charge in [0.1, 0.15) is 5.75 Å². The highest BCUT2D eigenvalue weighted by atomic mass is 79.9. The van der Waals surface area contributed by atoms with Gasteiger partial charge in [-0.15, -0.1) is 0 Å². The van der Waals surface area contributed by atoms with Crippen LogP contribution < -0.4 is 10.1 Å². The van der Waals surface area contributed by atoms with Gasteiger partial charge in [-0.1, -0.05) is 52.7 Å². The molecule has 0 heterocycles. The highest BCUT2D eigenvalue weighted by molar-refractivity contribution is 9.10. The van der Waals surface area contributed by atoms with Crippen molar-refractivity contribution in [2.24, 2.45) is 0 Å². The Kier molecular flexibility index (Phi) is 5.83. The van der Waals surface area contributed by atoms with Crippen LogP contribution in [0.4, 0.5) is 0 Å². The van der Waals surface area contributed by atoms with Crippen molar-refractivity contribution >= 4 is 15.9 Å². The number of nitrogens with one attached hydrogen (secondary N) is 1. The average molecular weight is 348 g/mol. The molecular formula is C18H22BrNO. The first-order chi connectivity index (χ1) is 10.1. The predicted octanol–water partition coefficient (Wildman–Crippen LogP) is 4.66. The number of ether oxygens (including phenoxy) is 1. The fourth-order valence-electron chi connectivity index (χ4n) is 2.53. The maximum Gasteiger partial charge on any atom is 0.119 e. The van der Waals surface area contributed by atoms with Crippen molar-refractivity contribution in [3.8, 4) is 5.75 Å². The third kappa shape index (κ3) is 4.32. The Labute approximate surface area is 135 Å². The molecule has 2 nitrogen and oxygen atoms in total. The second-order valence-corrected chi connectivity index (χ2v) is 6.05. The van der Waals surface area contributed by atoms with Crippen LogP contribution in [0, 0.1) is 6.92 Å². The average Bonchev–Trinajstić information content (AvgIpc) is 2.47. The van der Waals surface area contributed by atoms with Gasteiger partial charge in [-0.3, -0.25) is 0 Å². The standard InChI is InChI=1S/C18H22BrNO/c1-4-20-18(11-14-7-5-6-13(2)10-14)16-12-15(21-3)8-9-17(16)19/h5-10,12,18,20H,4,11H2,1-3H3. The monoisotopic (exact) mass is 347 g/mol. The lowest BCUT2D eigenvalue weighted by atomic mass is 9.97. The topological polar surface area (TPSA) is 21.3 Å². The molecule has 0 spiro atoms. The Morgan fingerprint density at radius 1 is 1.19 bits per heavy atom. The second-order valence-electron chi connectivity index (χ2n) is 5.19. The third-order valence-electron chi connectivity index (χ3n) is 3.55. The van der Waals surface area contributed by atoms with Crippen LogP contribution in [0.15, 0.2) is 46.9 Å².